The Morgan fingerprint density at radius 1 is 1.16 bits per heavy atom. The largest absolute Gasteiger partial charge is 0.458 e. The van der Waals surface area contributed by atoms with Crippen LogP contribution in [-0.2, 0) is 39.7 Å². The van der Waals surface area contributed by atoms with E-state index < -0.39 is 11.6 Å². The number of carbonyl (C=O) groups is 1. The summed E-state index contributed by atoms with van der Waals surface area (Å²) in [6, 6.07) is 19.4. The normalized spacial score (nSPS) is 18.2. The van der Waals surface area contributed by atoms with Gasteiger partial charge in [0, 0.05) is 22.1 Å². The fourth-order valence-corrected chi connectivity index (χ4v) is 5.13. The molecule has 0 spiro atoms. The number of para-hydroxylation sites is 1. The van der Waals surface area contributed by atoms with Crippen molar-refractivity contribution in [3.05, 3.63) is 98.8 Å². The number of fused-ring (bicyclic) bond motifs is 5. The summed E-state index contributed by atoms with van der Waals surface area (Å²) in [4.78, 5) is 36.4. The zero-order valence-corrected chi connectivity index (χ0v) is 20.5. The number of cyclic esters (lactones) is 1. The summed E-state index contributed by atoms with van der Waals surface area (Å²) in [5.41, 5.74) is 3.85. The number of ether oxygens (including phenoxy) is 1. The average Bonchev–Trinajstić information content (AvgIpc) is 3.28. The first-order valence-electron chi connectivity index (χ1n) is 12.2. The van der Waals surface area contributed by atoms with E-state index in [0.717, 1.165) is 27.6 Å². The smallest absolute Gasteiger partial charge is 0.343 e. The molecule has 1 N–H and O–H groups in total. The van der Waals surface area contributed by atoms with Crippen LogP contribution in [0.3, 0.4) is 0 Å². The Bertz CT molecular complexity index is 1660. The van der Waals surface area contributed by atoms with Gasteiger partial charge in [0.15, 0.2) is 5.60 Å². The van der Waals surface area contributed by atoms with Crippen molar-refractivity contribution in [3.63, 3.8) is 0 Å². The van der Waals surface area contributed by atoms with Gasteiger partial charge in [0.1, 0.15) is 13.2 Å². The lowest BCUT2D eigenvalue weighted by Crippen LogP contribution is -2.44. The Morgan fingerprint density at radius 2 is 1.97 bits per heavy atom. The third-order valence-corrected chi connectivity index (χ3v) is 7.20. The molecule has 4 heterocycles. The first kappa shape index (κ1) is 23.1. The average molecular weight is 496 g/mol. The lowest BCUT2D eigenvalue weighted by molar-refractivity contribution is -0.172. The molecule has 0 radical (unpaired) electrons. The van der Waals surface area contributed by atoms with E-state index in [-0.39, 0.29) is 18.6 Å². The molecule has 2 aliphatic heterocycles. The highest BCUT2D eigenvalue weighted by molar-refractivity contribution is 6.08. The van der Waals surface area contributed by atoms with Gasteiger partial charge >= 0.3 is 5.97 Å². The van der Waals surface area contributed by atoms with E-state index in [1.54, 1.807) is 17.6 Å². The van der Waals surface area contributed by atoms with E-state index >= 15 is 0 Å². The van der Waals surface area contributed by atoms with E-state index in [4.69, 9.17) is 14.6 Å². The molecule has 2 aromatic carbocycles. The molecule has 0 aliphatic carbocycles. The Kier molecular flexibility index (Phi) is 5.42. The second kappa shape index (κ2) is 8.67. The highest BCUT2D eigenvalue weighted by atomic mass is 16.6. The molecule has 2 aliphatic rings. The van der Waals surface area contributed by atoms with Crippen LogP contribution in [0.5, 0.6) is 0 Å². The first-order chi connectivity index (χ1) is 17.9. The Balaban J connectivity index is 1.44. The minimum atomic E-state index is -1.85. The maximum Gasteiger partial charge on any atom is 0.343 e. The van der Waals surface area contributed by atoms with Gasteiger partial charge in [-0.25, -0.2) is 9.78 Å². The fraction of sp³-hybridized carbons (Fsp3) is 0.241. The maximum absolute atomic E-state index is 13.4. The zero-order valence-electron chi connectivity index (χ0n) is 20.5. The van der Waals surface area contributed by atoms with Gasteiger partial charge in [0.05, 0.1) is 34.7 Å². The van der Waals surface area contributed by atoms with Gasteiger partial charge in [-0.2, -0.15) is 0 Å². The number of hydrogen-bond donors (Lipinski definition) is 1. The number of esters is 1. The van der Waals surface area contributed by atoms with Crippen LogP contribution >= 0.6 is 0 Å². The van der Waals surface area contributed by atoms with Gasteiger partial charge in [0.2, 0.25) is 0 Å². The number of pyridine rings is 2. The molecule has 186 valence electrons. The van der Waals surface area contributed by atoms with Crippen LogP contribution in [0.1, 0.15) is 48.1 Å². The Hall–Kier alpha value is -4.30. The van der Waals surface area contributed by atoms with Crippen LogP contribution in [-0.4, -0.2) is 26.3 Å². The maximum atomic E-state index is 13.4. The summed E-state index contributed by atoms with van der Waals surface area (Å²) in [5, 5.41) is 16.3. The molecule has 2 aromatic heterocycles. The molecule has 4 aromatic rings. The minimum Gasteiger partial charge on any atom is -0.458 e. The van der Waals surface area contributed by atoms with Crippen molar-refractivity contribution in [2.24, 2.45) is 5.16 Å². The molecule has 0 saturated carbocycles. The predicted octanol–water partition coefficient (Wildman–Crippen LogP) is 4.02. The highest BCUT2D eigenvalue weighted by Gasteiger charge is 2.45. The number of aromatic nitrogens is 2. The summed E-state index contributed by atoms with van der Waals surface area (Å²) >= 11 is 0. The van der Waals surface area contributed by atoms with Gasteiger partial charge in [-0.15, -0.1) is 0 Å². The monoisotopic (exact) mass is 495 g/mol. The molecule has 8 nitrogen and oxygen atoms in total. The molecule has 1 atom stereocenters. The van der Waals surface area contributed by atoms with Gasteiger partial charge in [0.25, 0.3) is 5.56 Å². The summed E-state index contributed by atoms with van der Waals surface area (Å²) in [7, 11) is 0. The Morgan fingerprint density at radius 3 is 2.76 bits per heavy atom. The van der Waals surface area contributed by atoms with Gasteiger partial charge in [-0.3, -0.25) is 4.79 Å². The van der Waals surface area contributed by atoms with Crippen molar-refractivity contribution in [2.45, 2.75) is 45.6 Å². The topological polar surface area (TPSA) is 103 Å². The summed E-state index contributed by atoms with van der Waals surface area (Å²) < 4.78 is 6.78. The third kappa shape index (κ3) is 3.64. The van der Waals surface area contributed by atoms with E-state index in [9.17, 15) is 14.7 Å². The van der Waals surface area contributed by atoms with Crippen LogP contribution in [0.25, 0.3) is 22.3 Å². The molecule has 0 bridgehead atoms. The Labute approximate surface area is 212 Å². The number of carbonyl (C=O) groups excluding carboxylic acids is 1. The molecule has 6 rings (SSSR count). The molecular formula is C29H25N3O5. The second-order valence-corrected chi connectivity index (χ2v) is 9.41. The van der Waals surface area contributed by atoms with Crippen molar-refractivity contribution in [1.29, 1.82) is 0 Å². The lowest BCUT2D eigenvalue weighted by atomic mass is 9.86. The lowest BCUT2D eigenvalue weighted by Gasteiger charge is -2.31. The van der Waals surface area contributed by atoms with Crippen molar-refractivity contribution < 1.29 is 19.5 Å². The van der Waals surface area contributed by atoms with E-state index in [2.05, 4.69) is 5.16 Å². The summed E-state index contributed by atoms with van der Waals surface area (Å²) in [6.45, 7) is 4.13. The molecule has 8 heteroatoms. The minimum absolute atomic E-state index is 0.0997. The van der Waals surface area contributed by atoms with Gasteiger partial charge in [-0.05, 0) is 31.0 Å². The number of benzene rings is 2. The van der Waals surface area contributed by atoms with Crippen molar-refractivity contribution in [3.8, 4) is 11.4 Å². The molecule has 37 heavy (non-hydrogen) atoms. The van der Waals surface area contributed by atoms with Crippen LogP contribution < -0.4 is 5.56 Å². The van der Waals surface area contributed by atoms with E-state index in [1.807, 2.05) is 61.5 Å². The third-order valence-electron chi connectivity index (χ3n) is 7.20. The van der Waals surface area contributed by atoms with Crippen LogP contribution in [0.4, 0.5) is 0 Å². The summed E-state index contributed by atoms with van der Waals surface area (Å²) in [6.07, 6.45) is 0.0997. The van der Waals surface area contributed by atoms with Crippen LogP contribution in [0.15, 0.2) is 70.6 Å². The molecule has 0 unspecified atom stereocenters. The first-order valence-corrected chi connectivity index (χ1v) is 12.2. The quantitative estimate of drug-likeness (QED) is 0.224. The fourth-order valence-electron chi connectivity index (χ4n) is 5.13. The number of hydrogen-bond acceptors (Lipinski definition) is 7. The molecule has 0 amide bonds. The number of oxime groups is 1. The molecule has 0 saturated heterocycles. The number of rotatable bonds is 5. The van der Waals surface area contributed by atoms with Crippen LogP contribution in [0.2, 0.25) is 0 Å². The second-order valence-electron chi connectivity index (χ2n) is 9.41. The van der Waals surface area contributed by atoms with Crippen molar-refractivity contribution in [2.75, 3.05) is 0 Å². The van der Waals surface area contributed by atoms with Gasteiger partial charge < -0.3 is 19.2 Å². The molecule has 0 fully saturated rings. The standard InChI is InChI=1S/C29H25N3O5/c1-3-29(35)23-13-24-26-20(14-32(24)27(33)22(23)16-36-28(29)34)12-19-10-7-11-21(25(19)30-26)17(2)31-37-15-18-8-5-4-6-9-18/h4-13,35H,3,14-16H2,1-2H3/b31-17+/t29-/m0/s1. The van der Waals surface area contributed by atoms with Crippen molar-refractivity contribution >= 4 is 22.6 Å². The zero-order chi connectivity index (χ0) is 25.7. The number of nitrogens with zero attached hydrogens (tertiary/aromatic N) is 3. The highest BCUT2D eigenvalue weighted by Crippen LogP contribution is 2.38. The SMILES string of the molecule is CC[C@@]1(O)C(=O)OCc2c1cc1n(c2=O)Cc2cc3cccc(/C(C)=N/OCc4ccccc4)c3nc2-1. The van der Waals surface area contributed by atoms with E-state index in [1.165, 1.54) is 0 Å². The van der Waals surface area contributed by atoms with Crippen molar-refractivity contribution in [1.82, 2.24) is 9.55 Å². The van der Waals surface area contributed by atoms with E-state index in [0.29, 0.717) is 41.4 Å². The predicted molar refractivity (Wildman–Crippen MR) is 138 cm³/mol. The van der Waals surface area contributed by atoms with Gasteiger partial charge in [-0.1, -0.05) is 60.6 Å². The molecular weight excluding hydrogens is 470 g/mol. The number of aliphatic hydroxyl groups is 1. The summed E-state index contributed by atoms with van der Waals surface area (Å²) in [5.74, 6) is -0.735. The van der Waals surface area contributed by atoms with Crippen LogP contribution in [0, 0.1) is 0 Å².